The number of thiazole rings is 1. The normalized spacial score (nSPS) is 12.4. The summed E-state index contributed by atoms with van der Waals surface area (Å²) in [6.07, 6.45) is -0.979. The highest BCUT2D eigenvalue weighted by molar-refractivity contribution is 7.15. The van der Waals surface area contributed by atoms with E-state index in [1.54, 1.807) is 10.6 Å². The summed E-state index contributed by atoms with van der Waals surface area (Å²) >= 11 is 7.21. The number of hydrogen-bond acceptors (Lipinski definition) is 3. The SMILES string of the molecule is FC(F)(F)c1cnn(-c2nc3sccn3c2CCl)c1. The molecule has 0 spiro atoms. The van der Waals surface area contributed by atoms with Crippen LogP contribution in [0.3, 0.4) is 0 Å². The van der Waals surface area contributed by atoms with Gasteiger partial charge in [-0.05, 0) is 0 Å². The minimum Gasteiger partial charge on any atom is -0.291 e. The number of halogens is 4. The molecule has 19 heavy (non-hydrogen) atoms. The van der Waals surface area contributed by atoms with Crippen LogP contribution >= 0.6 is 22.9 Å². The van der Waals surface area contributed by atoms with Crippen LogP contribution in [0.15, 0.2) is 24.0 Å². The fourth-order valence-corrected chi connectivity index (χ4v) is 2.69. The second-order valence-electron chi connectivity index (χ2n) is 3.74. The summed E-state index contributed by atoms with van der Waals surface area (Å²) in [6, 6.07) is 0. The lowest BCUT2D eigenvalue weighted by Gasteiger charge is -2.01. The van der Waals surface area contributed by atoms with Crippen molar-refractivity contribution < 1.29 is 13.2 Å². The molecule has 0 bridgehead atoms. The Hall–Kier alpha value is -1.54. The Kier molecular flexibility index (Phi) is 2.79. The zero-order valence-corrected chi connectivity index (χ0v) is 10.8. The molecule has 3 rings (SSSR count). The fraction of sp³-hybridized carbons (Fsp3) is 0.200. The summed E-state index contributed by atoms with van der Waals surface area (Å²) in [6.45, 7) is 0. The average Bonchev–Trinajstić information content (AvgIpc) is 3.01. The van der Waals surface area contributed by atoms with Gasteiger partial charge in [0.2, 0.25) is 0 Å². The van der Waals surface area contributed by atoms with E-state index >= 15 is 0 Å². The van der Waals surface area contributed by atoms with Crippen molar-refractivity contribution in [1.29, 1.82) is 0 Å². The largest absolute Gasteiger partial charge is 0.419 e. The van der Waals surface area contributed by atoms with Gasteiger partial charge in [0.1, 0.15) is 0 Å². The van der Waals surface area contributed by atoms with Crippen molar-refractivity contribution >= 4 is 27.9 Å². The van der Waals surface area contributed by atoms with E-state index in [0.717, 1.165) is 17.1 Å². The topological polar surface area (TPSA) is 35.1 Å². The predicted octanol–water partition coefficient (Wildman–Crippen LogP) is 3.34. The summed E-state index contributed by atoms with van der Waals surface area (Å²) in [5.41, 5.74) is -0.209. The van der Waals surface area contributed by atoms with Crippen molar-refractivity contribution in [2.45, 2.75) is 12.1 Å². The Morgan fingerprint density at radius 3 is 2.79 bits per heavy atom. The molecule has 9 heteroatoms. The molecule has 0 saturated heterocycles. The highest BCUT2D eigenvalue weighted by atomic mass is 35.5. The second-order valence-corrected chi connectivity index (χ2v) is 4.88. The zero-order chi connectivity index (χ0) is 13.6. The van der Waals surface area contributed by atoms with Crippen molar-refractivity contribution in [3.63, 3.8) is 0 Å². The maximum Gasteiger partial charge on any atom is 0.419 e. The maximum atomic E-state index is 12.5. The molecule has 0 atom stereocenters. The first kappa shape index (κ1) is 12.5. The summed E-state index contributed by atoms with van der Waals surface area (Å²) in [5, 5.41) is 5.53. The quantitative estimate of drug-likeness (QED) is 0.681. The number of hydrogen-bond donors (Lipinski definition) is 0. The van der Waals surface area contributed by atoms with Gasteiger partial charge in [0.25, 0.3) is 0 Å². The summed E-state index contributed by atoms with van der Waals surface area (Å²) in [5.74, 6) is 0.450. The number of alkyl halides is 4. The Balaban J connectivity index is 2.13. The van der Waals surface area contributed by atoms with Gasteiger partial charge in [-0.3, -0.25) is 4.40 Å². The molecule has 0 N–H and O–H groups in total. The van der Waals surface area contributed by atoms with E-state index < -0.39 is 11.7 Å². The van der Waals surface area contributed by atoms with Gasteiger partial charge in [-0.1, -0.05) is 0 Å². The van der Waals surface area contributed by atoms with Gasteiger partial charge in [-0.25, -0.2) is 4.68 Å². The first-order valence-electron chi connectivity index (χ1n) is 5.13. The molecule has 100 valence electrons. The van der Waals surface area contributed by atoms with Crippen LogP contribution in [0, 0.1) is 0 Å². The minimum atomic E-state index is -4.42. The van der Waals surface area contributed by atoms with Gasteiger partial charge in [-0.15, -0.1) is 22.9 Å². The van der Waals surface area contributed by atoms with E-state index in [0.29, 0.717) is 16.5 Å². The molecule has 0 radical (unpaired) electrons. The average molecular weight is 307 g/mol. The van der Waals surface area contributed by atoms with Crippen LogP contribution in [0.4, 0.5) is 13.2 Å². The van der Waals surface area contributed by atoms with E-state index in [9.17, 15) is 13.2 Å². The molecule has 0 fully saturated rings. The minimum absolute atomic E-state index is 0.133. The summed E-state index contributed by atoms with van der Waals surface area (Å²) in [4.78, 5) is 4.90. The van der Waals surface area contributed by atoms with Crippen molar-refractivity contribution in [2.24, 2.45) is 0 Å². The van der Waals surface area contributed by atoms with Gasteiger partial charge in [-0.2, -0.15) is 23.3 Å². The van der Waals surface area contributed by atoms with Crippen LogP contribution in [0.1, 0.15) is 11.3 Å². The number of rotatable bonds is 2. The van der Waals surface area contributed by atoms with Crippen molar-refractivity contribution in [3.8, 4) is 5.82 Å². The molecule has 0 aliphatic heterocycles. The van der Waals surface area contributed by atoms with Crippen molar-refractivity contribution in [1.82, 2.24) is 19.2 Å². The first-order valence-corrected chi connectivity index (χ1v) is 6.55. The van der Waals surface area contributed by atoms with Crippen LogP contribution < -0.4 is 0 Å². The van der Waals surface area contributed by atoms with Gasteiger partial charge in [0.15, 0.2) is 10.8 Å². The molecule has 0 saturated carbocycles. The van der Waals surface area contributed by atoms with Crippen LogP contribution in [0.25, 0.3) is 10.8 Å². The smallest absolute Gasteiger partial charge is 0.291 e. The van der Waals surface area contributed by atoms with E-state index in [1.165, 1.54) is 11.3 Å². The molecule has 4 nitrogen and oxygen atoms in total. The first-order chi connectivity index (χ1) is 9.00. The van der Waals surface area contributed by atoms with Crippen LogP contribution in [-0.4, -0.2) is 19.2 Å². The van der Waals surface area contributed by atoms with Crippen molar-refractivity contribution in [2.75, 3.05) is 0 Å². The number of aromatic nitrogens is 4. The third kappa shape index (κ3) is 2.00. The molecule has 3 heterocycles. The summed E-state index contributed by atoms with van der Waals surface area (Å²) < 4.78 is 40.5. The fourth-order valence-electron chi connectivity index (χ4n) is 1.71. The number of imidazole rings is 1. The Morgan fingerprint density at radius 2 is 2.16 bits per heavy atom. The Morgan fingerprint density at radius 1 is 1.37 bits per heavy atom. The maximum absolute atomic E-state index is 12.5. The van der Waals surface area contributed by atoms with Gasteiger partial charge in [0.05, 0.1) is 23.3 Å². The van der Waals surface area contributed by atoms with E-state index in [-0.39, 0.29) is 5.88 Å². The third-order valence-electron chi connectivity index (χ3n) is 2.59. The monoisotopic (exact) mass is 306 g/mol. The lowest BCUT2D eigenvalue weighted by atomic mass is 10.3. The van der Waals surface area contributed by atoms with Crippen LogP contribution in [0.5, 0.6) is 0 Å². The molecule has 3 aromatic rings. The van der Waals surface area contributed by atoms with E-state index in [4.69, 9.17) is 11.6 Å². The third-order valence-corrected chi connectivity index (χ3v) is 3.60. The second kappa shape index (κ2) is 4.24. The summed E-state index contributed by atoms with van der Waals surface area (Å²) in [7, 11) is 0. The highest BCUT2D eigenvalue weighted by Gasteiger charge is 2.32. The highest BCUT2D eigenvalue weighted by Crippen LogP contribution is 2.30. The molecule has 0 aliphatic carbocycles. The van der Waals surface area contributed by atoms with Crippen LogP contribution in [0.2, 0.25) is 0 Å². The van der Waals surface area contributed by atoms with Crippen molar-refractivity contribution in [3.05, 3.63) is 35.2 Å². The molecule has 0 aromatic carbocycles. The van der Waals surface area contributed by atoms with E-state index in [2.05, 4.69) is 10.1 Å². The Bertz CT molecular complexity index is 727. The van der Waals surface area contributed by atoms with Gasteiger partial charge in [0, 0.05) is 17.8 Å². The number of nitrogens with zero attached hydrogens (tertiary/aromatic N) is 4. The van der Waals surface area contributed by atoms with Gasteiger partial charge >= 0.3 is 6.18 Å². The zero-order valence-electron chi connectivity index (χ0n) is 9.23. The molecule has 3 aromatic heterocycles. The lowest BCUT2D eigenvalue weighted by molar-refractivity contribution is -0.137. The molecule has 0 amide bonds. The molecular weight excluding hydrogens is 301 g/mol. The van der Waals surface area contributed by atoms with E-state index in [1.807, 2.05) is 5.38 Å². The van der Waals surface area contributed by atoms with Crippen LogP contribution in [-0.2, 0) is 12.1 Å². The molecule has 0 aliphatic rings. The number of fused-ring (bicyclic) bond motifs is 1. The molecule has 0 unspecified atom stereocenters. The van der Waals surface area contributed by atoms with Gasteiger partial charge < -0.3 is 0 Å². The predicted molar refractivity (Wildman–Crippen MR) is 64.8 cm³/mol. The molecular formula is C10H6ClF3N4S. The Labute approximate surface area is 114 Å². The lowest BCUT2D eigenvalue weighted by Crippen LogP contribution is -2.03. The standard InChI is InChI=1S/C10H6ClF3N4S/c11-3-7-8(16-9-17(7)1-2-19-9)18-5-6(4-15-18)10(12,13)14/h1-2,4-5H,3H2.